The van der Waals surface area contributed by atoms with E-state index in [4.69, 9.17) is 4.52 Å². The molecular weight excluding hydrogens is 206 g/mol. The van der Waals surface area contributed by atoms with Gasteiger partial charge in [0.2, 0.25) is 0 Å². The zero-order valence-corrected chi connectivity index (χ0v) is 7.34. The molecule has 0 aliphatic rings. The number of hydrogen-bond donors (Lipinski definition) is 0. The summed E-state index contributed by atoms with van der Waals surface area (Å²) < 4.78 is 4.84. The van der Waals surface area contributed by atoms with Gasteiger partial charge in [-0.1, -0.05) is 33.2 Å². The molecule has 0 spiro atoms. The van der Waals surface area contributed by atoms with Crippen LogP contribution in [-0.4, -0.2) is 5.16 Å². The smallest absolute Gasteiger partial charge is 0.131 e. The zero-order valence-electron chi connectivity index (χ0n) is 5.75. The quantitative estimate of drug-likeness (QED) is 0.679. The molecule has 0 amide bonds. The minimum Gasteiger partial charge on any atom is -0.363 e. The molecule has 2 rings (SSSR count). The predicted molar refractivity (Wildman–Crippen MR) is 46.6 cm³/mol. The van der Waals surface area contributed by atoms with Crippen LogP contribution in [0.5, 0.6) is 0 Å². The molecule has 0 unspecified atom stereocenters. The van der Waals surface area contributed by atoms with Crippen LogP contribution in [0.15, 0.2) is 29.0 Å². The molecule has 1 heterocycles. The predicted octanol–water partition coefficient (Wildman–Crippen LogP) is 2.72. The molecule has 0 fully saturated rings. The molecule has 1 aromatic heterocycles. The molecule has 0 bridgehead atoms. The Bertz CT molecular complexity index is 369. The zero-order chi connectivity index (χ0) is 7.68. The van der Waals surface area contributed by atoms with E-state index >= 15 is 0 Å². The van der Waals surface area contributed by atoms with Crippen LogP contribution in [0, 0.1) is 0 Å². The fraction of sp³-hybridized carbons (Fsp3) is 0.125. The Morgan fingerprint density at radius 1 is 1.45 bits per heavy atom. The van der Waals surface area contributed by atoms with Crippen molar-refractivity contribution in [2.45, 2.75) is 5.33 Å². The van der Waals surface area contributed by atoms with Crippen molar-refractivity contribution >= 4 is 26.8 Å². The first kappa shape index (κ1) is 6.85. The molecule has 0 radical (unpaired) electrons. The molecular formula is C8H6BrNO. The molecule has 11 heavy (non-hydrogen) atoms. The minimum absolute atomic E-state index is 0.816. The SMILES string of the molecule is BrCc1cccc2conc12. The second-order valence-corrected chi connectivity index (χ2v) is 2.86. The second-order valence-electron chi connectivity index (χ2n) is 2.30. The van der Waals surface area contributed by atoms with E-state index in [1.54, 1.807) is 6.26 Å². The summed E-state index contributed by atoms with van der Waals surface area (Å²) in [6.07, 6.45) is 1.65. The maximum absolute atomic E-state index is 4.84. The monoisotopic (exact) mass is 211 g/mol. The fourth-order valence-electron chi connectivity index (χ4n) is 1.06. The van der Waals surface area contributed by atoms with E-state index < -0.39 is 0 Å². The summed E-state index contributed by atoms with van der Waals surface area (Å²) in [5.41, 5.74) is 2.11. The highest BCUT2D eigenvalue weighted by Gasteiger charge is 2.01. The van der Waals surface area contributed by atoms with Crippen LogP contribution in [-0.2, 0) is 5.33 Å². The average Bonchev–Trinajstić information content (AvgIpc) is 2.50. The van der Waals surface area contributed by atoms with Crippen molar-refractivity contribution in [2.75, 3.05) is 0 Å². The lowest BCUT2D eigenvalue weighted by molar-refractivity contribution is 0.428. The van der Waals surface area contributed by atoms with E-state index in [0.717, 1.165) is 21.8 Å². The number of halogens is 1. The van der Waals surface area contributed by atoms with Gasteiger partial charge < -0.3 is 4.52 Å². The normalized spacial score (nSPS) is 10.6. The maximum Gasteiger partial charge on any atom is 0.131 e. The summed E-state index contributed by atoms with van der Waals surface area (Å²) in [5, 5.41) is 5.76. The summed E-state index contributed by atoms with van der Waals surface area (Å²) in [6.45, 7) is 0. The second kappa shape index (κ2) is 2.66. The van der Waals surface area contributed by atoms with Crippen molar-refractivity contribution in [1.82, 2.24) is 5.16 Å². The lowest BCUT2D eigenvalue weighted by atomic mass is 10.2. The Morgan fingerprint density at radius 2 is 2.36 bits per heavy atom. The van der Waals surface area contributed by atoms with E-state index in [9.17, 15) is 0 Å². The number of aromatic nitrogens is 1. The first-order valence-electron chi connectivity index (χ1n) is 3.30. The molecule has 0 aliphatic carbocycles. The molecule has 1 aromatic carbocycles. The molecule has 2 nitrogen and oxygen atoms in total. The minimum atomic E-state index is 0.816. The molecule has 56 valence electrons. The topological polar surface area (TPSA) is 26.0 Å². The summed E-state index contributed by atoms with van der Waals surface area (Å²) in [6, 6.07) is 6.01. The molecule has 0 saturated carbocycles. The third kappa shape index (κ3) is 1.05. The molecule has 0 N–H and O–H groups in total. The van der Waals surface area contributed by atoms with Crippen LogP contribution in [0.3, 0.4) is 0 Å². The lowest BCUT2D eigenvalue weighted by Crippen LogP contribution is -1.78. The van der Waals surface area contributed by atoms with Gasteiger partial charge in [0.15, 0.2) is 0 Å². The molecule has 0 aliphatic heterocycles. The molecule has 2 aromatic rings. The molecule has 0 saturated heterocycles. The van der Waals surface area contributed by atoms with Gasteiger partial charge in [-0.15, -0.1) is 0 Å². The van der Waals surface area contributed by atoms with E-state index in [1.165, 1.54) is 0 Å². The van der Waals surface area contributed by atoms with Crippen molar-refractivity contribution in [1.29, 1.82) is 0 Å². The average molecular weight is 212 g/mol. The van der Waals surface area contributed by atoms with Gasteiger partial charge in [-0.2, -0.15) is 0 Å². The van der Waals surface area contributed by atoms with Gasteiger partial charge in [-0.3, -0.25) is 0 Å². The van der Waals surface area contributed by atoms with Gasteiger partial charge >= 0.3 is 0 Å². The summed E-state index contributed by atoms with van der Waals surface area (Å²) >= 11 is 3.38. The van der Waals surface area contributed by atoms with Crippen LogP contribution in [0.1, 0.15) is 5.56 Å². The van der Waals surface area contributed by atoms with Gasteiger partial charge in [-0.25, -0.2) is 0 Å². The molecule has 0 atom stereocenters. The van der Waals surface area contributed by atoms with Gasteiger partial charge in [0.25, 0.3) is 0 Å². The summed E-state index contributed by atoms with van der Waals surface area (Å²) in [5.74, 6) is 0. The van der Waals surface area contributed by atoms with Gasteiger partial charge in [0.1, 0.15) is 11.8 Å². The van der Waals surface area contributed by atoms with E-state index in [0.29, 0.717) is 0 Å². The summed E-state index contributed by atoms with van der Waals surface area (Å²) in [7, 11) is 0. The van der Waals surface area contributed by atoms with E-state index in [2.05, 4.69) is 21.1 Å². The van der Waals surface area contributed by atoms with Crippen molar-refractivity contribution in [3.63, 3.8) is 0 Å². The highest BCUT2D eigenvalue weighted by atomic mass is 79.9. The van der Waals surface area contributed by atoms with Crippen LogP contribution in [0.25, 0.3) is 10.9 Å². The highest BCUT2D eigenvalue weighted by Crippen LogP contribution is 2.18. The first-order chi connectivity index (χ1) is 5.42. The van der Waals surface area contributed by atoms with Crippen LogP contribution >= 0.6 is 15.9 Å². The Hall–Kier alpha value is -0.830. The number of nitrogens with zero attached hydrogens (tertiary/aromatic N) is 1. The van der Waals surface area contributed by atoms with E-state index in [-0.39, 0.29) is 0 Å². The van der Waals surface area contributed by atoms with Gasteiger partial charge in [0, 0.05) is 10.7 Å². The maximum atomic E-state index is 4.84. The highest BCUT2D eigenvalue weighted by molar-refractivity contribution is 9.08. The van der Waals surface area contributed by atoms with Crippen molar-refractivity contribution in [2.24, 2.45) is 0 Å². The third-order valence-electron chi connectivity index (χ3n) is 1.62. The number of alkyl halides is 1. The number of benzene rings is 1. The number of rotatable bonds is 1. The number of fused-ring (bicyclic) bond motifs is 1. The van der Waals surface area contributed by atoms with Crippen molar-refractivity contribution < 1.29 is 4.52 Å². The Labute approximate surface area is 72.3 Å². The van der Waals surface area contributed by atoms with Crippen molar-refractivity contribution in [3.8, 4) is 0 Å². The fourth-order valence-corrected chi connectivity index (χ4v) is 1.51. The first-order valence-corrected chi connectivity index (χ1v) is 4.42. The van der Waals surface area contributed by atoms with Crippen LogP contribution < -0.4 is 0 Å². The van der Waals surface area contributed by atoms with Crippen LogP contribution in [0.4, 0.5) is 0 Å². The van der Waals surface area contributed by atoms with Gasteiger partial charge in [-0.05, 0) is 11.6 Å². The van der Waals surface area contributed by atoms with Crippen LogP contribution in [0.2, 0.25) is 0 Å². The van der Waals surface area contributed by atoms with E-state index in [1.807, 2.05) is 18.2 Å². The number of hydrogen-bond acceptors (Lipinski definition) is 2. The van der Waals surface area contributed by atoms with Gasteiger partial charge in [0.05, 0.1) is 0 Å². The Morgan fingerprint density at radius 3 is 3.18 bits per heavy atom. The summed E-state index contributed by atoms with van der Waals surface area (Å²) in [4.78, 5) is 0. The Kier molecular flexibility index (Phi) is 1.66. The third-order valence-corrected chi connectivity index (χ3v) is 2.22. The Balaban J connectivity index is 2.79. The lowest BCUT2D eigenvalue weighted by Gasteiger charge is -1.92. The largest absolute Gasteiger partial charge is 0.363 e. The molecule has 3 heteroatoms. The standard InChI is InChI=1S/C8H6BrNO/c9-4-6-2-1-3-7-5-11-10-8(6)7/h1-3,5H,4H2. The van der Waals surface area contributed by atoms with Crippen molar-refractivity contribution in [3.05, 3.63) is 30.0 Å².